The highest BCUT2D eigenvalue weighted by molar-refractivity contribution is 9.09. The summed E-state index contributed by atoms with van der Waals surface area (Å²) in [6.45, 7) is 1.45. The van der Waals surface area contributed by atoms with E-state index in [9.17, 15) is 4.79 Å². The molecule has 0 heterocycles. The second-order valence-corrected chi connectivity index (χ2v) is 1.84. The summed E-state index contributed by atoms with van der Waals surface area (Å²) in [7, 11) is 0. The van der Waals surface area contributed by atoms with Gasteiger partial charge in [-0.3, -0.25) is 4.79 Å². The molecular weight excluding hydrogens is 160 g/mol. The van der Waals surface area contributed by atoms with Crippen molar-refractivity contribution >= 4 is 21.7 Å². The lowest BCUT2D eigenvalue weighted by Crippen LogP contribution is -2.16. The third kappa shape index (κ3) is 2.76. The Morgan fingerprint density at radius 1 is 2.00 bits per heavy atom. The molecule has 3 heteroatoms. The summed E-state index contributed by atoms with van der Waals surface area (Å²) in [4.78, 5) is 10.2. The zero-order valence-electron chi connectivity index (χ0n) is 4.02. The lowest BCUT2D eigenvalue weighted by Gasteiger charge is -1.94. The van der Waals surface area contributed by atoms with Gasteiger partial charge >= 0.3 is 0 Å². The molecule has 0 bridgehead atoms. The Labute approximate surface area is 50.7 Å². The molecule has 0 spiro atoms. The van der Waals surface area contributed by atoms with Crippen LogP contribution in [-0.2, 0) is 4.79 Å². The number of halogens is 1. The third-order valence-electron chi connectivity index (χ3n) is 0.598. The highest BCUT2D eigenvalue weighted by atomic mass is 79.9. The van der Waals surface area contributed by atoms with Gasteiger partial charge in [-0.05, 0) is 6.92 Å². The summed E-state index contributed by atoms with van der Waals surface area (Å²) in [6, 6.07) is 0. The second kappa shape index (κ2) is 3.16. The monoisotopic (exact) mass is 166 g/mol. The smallest absolute Gasteiger partial charge is 0.171 e. The maximum Gasteiger partial charge on any atom is 0.171 e. The number of carbonyl (C=O) groups is 1. The van der Waals surface area contributed by atoms with Gasteiger partial charge in [-0.25, -0.2) is 0 Å². The second-order valence-electron chi connectivity index (χ2n) is 1.28. The van der Waals surface area contributed by atoms with Gasteiger partial charge in [0.25, 0.3) is 0 Å². The van der Waals surface area contributed by atoms with E-state index in [0.717, 1.165) is 0 Å². The summed E-state index contributed by atoms with van der Waals surface area (Å²) < 4.78 is 0. The Morgan fingerprint density at radius 2 is 2.43 bits per heavy atom. The van der Waals surface area contributed by atoms with E-state index >= 15 is 0 Å². The van der Waals surface area contributed by atoms with Gasteiger partial charge in [0.05, 0.1) is 5.33 Å². The fourth-order valence-electron chi connectivity index (χ4n) is 0.112. The normalized spacial score (nSPS) is 13.6. The van der Waals surface area contributed by atoms with E-state index in [1.807, 2.05) is 0 Å². The molecule has 42 valence electrons. The van der Waals surface area contributed by atoms with Crippen LogP contribution in [0, 0.1) is 0 Å². The largest absolute Gasteiger partial charge is 0.386 e. The van der Waals surface area contributed by atoms with Crippen LogP contribution in [0.3, 0.4) is 0 Å². The van der Waals surface area contributed by atoms with Crippen molar-refractivity contribution < 1.29 is 9.90 Å². The first-order chi connectivity index (χ1) is 3.18. The number of alkyl halides is 1. The first kappa shape index (κ1) is 7.11. The van der Waals surface area contributed by atoms with Crippen LogP contribution in [-0.4, -0.2) is 22.3 Å². The van der Waals surface area contributed by atoms with Gasteiger partial charge in [-0.1, -0.05) is 15.9 Å². The fourth-order valence-corrected chi connectivity index (χ4v) is 0.580. The Hall–Kier alpha value is 0.110. The van der Waals surface area contributed by atoms with Crippen LogP contribution >= 0.6 is 15.9 Å². The molecule has 0 saturated carbocycles. The number of hydrogen-bond acceptors (Lipinski definition) is 2. The van der Waals surface area contributed by atoms with Gasteiger partial charge in [0.15, 0.2) is 5.78 Å². The summed E-state index contributed by atoms with van der Waals surface area (Å²) in [5, 5.41) is 8.68. The molecule has 0 unspecified atom stereocenters. The van der Waals surface area contributed by atoms with E-state index in [-0.39, 0.29) is 11.1 Å². The Bertz CT molecular complexity index is 70.1. The number of Topliss-reactive ketones (excluding diaryl/α,β-unsaturated/α-hetero) is 1. The predicted molar refractivity (Wildman–Crippen MR) is 30.5 cm³/mol. The van der Waals surface area contributed by atoms with Gasteiger partial charge < -0.3 is 5.11 Å². The Balaban J connectivity index is 3.35. The SMILES string of the molecule is C[C@H](O)C(=O)CBr. The van der Waals surface area contributed by atoms with Crippen LogP contribution in [0.25, 0.3) is 0 Å². The van der Waals surface area contributed by atoms with Crippen LogP contribution < -0.4 is 0 Å². The molecule has 0 aliphatic rings. The average Bonchev–Trinajstić information content (AvgIpc) is 1.65. The van der Waals surface area contributed by atoms with Gasteiger partial charge in [0, 0.05) is 0 Å². The van der Waals surface area contributed by atoms with Crippen molar-refractivity contribution in [2.75, 3.05) is 5.33 Å². The van der Waals surface area contributed by atoms with Crippen LogP contribution in [0.15, 0.2) is 0 Å². The molecule has 0 aliphatic heterocycles. The quantitative estimate of drug-likeness (QED) is 0.601. The molecule has 0 aromatic rings. The van der Waals surface area contributed by atoms with Gasteiger partial charge in [0.1, 0.15) is 6.10 Å². The molecule has 0 amide bonds. The molecule has 1 N–H and O–H groups in total. The molecule has 0 aromatic carbocycles. The highest BCUT2D eigenvalue weighted by Gasteiger charge is 2.03. The van der Waals surface area contributed by atoms with E-state index in [0.29, 0.717) is 0 Å². The van der Waals surface area contributed by atoms with E-state index in [1.165, 1.54) is 6.92 Å². The Kier molecular flexibility index (Phi) is 3.21. The Morgan fingerprint density at radius 3 is 2.43 bits per heavy atom. The van der Waals surface area contributed by atoms with Crippen LogP contribution in [0.5, 0.6) is 0 Å². The van der Waals surface area contributed by atoms with Crippen LogP contribution in [0.2, 0.25) is 0 Å². The summed E-state index contributed by atoms with van der Waals surface area (Å²) in [5.41, 5.74) is 0. The number of aliphatic hydroxyl groups excluding tert-OH is 1. The average molecular weight is 167 g/mol. The van der Waals surface area contributed by atoms with Gasteiger partial charge in [-0.2, -0.15) is 0 Å². The molecule has 0 aliphatic carbocycles. The first-order valence-corrected chi connectivity index (χ1v) is 3.07. The zero-order chi connectivity index (χ0) is 5.86. The minimum atomic E-state index is -0.820. The summed E-state index contributed by atoms with van der Waals surface area (Å²) >= 11 is 2.91. The molecule has 0 fully saturated rings. The van der Waals surface area contributed by atoms with Crippen molar-refractivity contribution in [2.24, 2.45) is 0 Å². The molecule has 0 radical (unpaired) electrons. The number of rotatable bonds is 2. The summed E-state index contributed by atoms with van der Waals surface area (Å²) in [6.07, 6.45) is -0.820. The minimum Gasteiger partial charge on any atom is -0.386 e. The molecule has 1 atom stereocenters. The summed E-state index contributed by atoms with van der Waals surface area (Å²) in [5.74, 6) is -0.181. The van der Waals surface area contributed by atoms with Crippen molar-refractivity contribution in [2.45, 2.75) is 13.0 Å². The maximum absolute atomic E-state index is 10.2. The van der Waals surface area contributed by atoms with E-state index < -0.39 is 6.10 Å². The maximum atomic E-state index is 10.2. The minimum absolute atomic E-state index is 0.181. The van der Waals surface area contributed by atoms with E-state index in [4.69, 9.17) is 5.11 Å². The fraction of sp³-hybridized carbons (Fsp3) is 0.750. The number of ketones is 1. The van der Waals surface area contributed by atoms with E-state index in [1.54, 1.807) is 0 Å². The van der Waals surface area contributed by atoms with Crippen molar-refractivity contribution in [3.63, 3.8) is 0 Å². The van der Waals surface area contributed by atoms with Crippen molar-refractivity contribution in [3.05, 3.63) is 0 Å². The van der Waals surface area contributed by atoms with Crippen molar-refractivity contribution in [1.82, 2.24) is 0 Å². The van der Waals surface area contributed by atoms with Crippen molar-refractivity contribution in [1.29, 1.82) is 0 Å². The molecule has 2 nitrogen and oxygen atoms in total. The molecule has 0 rings (SSSR count). The molecule has 7 heavy (non-hydrogen) atoms. The number of hydrogen-bond donors (Lipinski definition) is 1. The van der Waals surface area contributed by atoms with Crippen LogP contribution in [0.4, 0.5) is 0 Å². The topological polar surface area (TPSA) is 37.3 Å². The van der Waals surface area contributed by atoms with E-state index in [2.05, 4.69) is 15.9 Å². The molecule has 0 aromatic heterocycles. The lowest BCUT2D eigenvalue weighted by molar-refractivity contribution is -0.123. The van der Waals surface area contributed by atoms with Crippen molar-refractivity contribution in [3.8, 4) is 0 Å². The molecular formula is C4H7BrO2. The highest BCUT2D eigenvalue weighted by Crippen LogP contribution is 1.87. The number of carbonyl (C=O) groups excluding carboxylic acids is 1. The molecule has 0 saturated heterocycles. The standard InChI is InChI=1S/C4H7BrO2/c1-3(6)4(7)2-5/h3,6H,2H2,1H3/t3-/m0/s1. The predicted octanol–water partition coefficient (Wildman–Crippen LogP) is 0.331. The lowest BCUT2D eigenvalue weighted by atomic mass is 10.3. The zero-order valence-corrected chi connectivity index (χ0v) is 5.60. The van der Waals surface area contributed by atoms with Gasteiger partial charge in [0.2, 0.25) is 0 Å². The first-order valence-electron chi connectivity index (χ1n) is 1.95. The number of aliphatic hydroxyl groups is 1. The van der Waals surface area contributed by atoms with Crippen LogP contribution in [0.1, 0.15) is 6.92 Å². The third-order valence-corrected chi connectivity index (χ3v) is 1.15. The van der Waals surface area contributed by atoms with Gasteiger partial charge in [-0.15, -0.1) is 0 Å².